The molecule has 0 spiro atoms. The van der Waals surface area contributed by atoms with Crippen molar-refractivity contribution in [1.82, 2.24) is 14.9 Å². The van der Waals surface area contributed by atoms with Crippen molar-refractivity contribution in [3.05, 3.63) is 17.5 Å². The van der Waals surface area contributed by atoms with Crippen LogP contribution < -0.4 is 5.32 Å². The molecule has 1 N–H and O–H groups in total. The van der Waals surface area contributed by atoms with E-state index in [0.717, 1.165) is 37.3 Å². The van der Waals surface area contributed by atoms with Gasteiger partial charge in [0.15, 0.2) is 0 Å². The summed E-state index contributed by atoms with van der Waals surface area (Å²) in [6.45, 7) is 5.88. The van der Waals surface area contributed by atoms with Crippen LogP contribution in [0, 0.1) is 13.8 Å². The van der Waals surface area contributed by atoms with E-state index >= 15 is 0 Å². The van der Waals surface area contributed by atoms with Gasteiger partial charge in [0.25, 0.3) is 0 Å². The van der Waals surface area contributed by atoms with Gasteiger partial charge in [-0.05, 0) is 32.8 Å². The maximum atomic E-state index is 11.8. The molecule has 1 amide bonds. The van der Waals surface area contributed by atoms with E-state index in [0.29, 0.717) is 5.95 Å². The number of aromatic nitrogens is 2. The average Bonchev–Trinajstić information content (AvgIpc) is 2.78. The second-order valence-corrected chi connectivity index (χ2v) is 4.42. The number of nitrogens with one attached hydrogen (secondary N) is 1. The van der Waals surface area contributed by atoms with Gasteiger partial charge in [-0.25, -0.2) is 9.97 Å². The first-order valence-corrected chi connectivity index (χ1v) is 5.99. The molecule has 2 heterocycles. The van der Waals surface area contributed by atoms with Crippen LogP contribution in [0.1, 0.15) is 24.2 Å². The van der Waals surface area contributed by atoms with E-state index in [1.54, 1.807) is 0 Å². The summed E-state index contributed by atoms with van der Waals surface area (Å²) in [5.41, 5.74) is 1.82. The normalized spacial score (nSPS) is 15.1. The van der Waals surface area contributed by atoms with Crippen molar-refractivity contribution in [2.24, 2.45) is 0 Å². The van der Waals surface area contributed by atoms with Crippen molar-refractivity contribution in [3.63, 3.8) is 0 Å². The Kier molecular flexibility index (Phi) is 3.56. The van der Waals surface area contributed by atoms with E-state index in [1.165, 1.54) is 0 Å². The second-order valence-electron chi connectivity index (χ2n) is 4.42. The lowest BCUT2D eigenvalue weighted by Gasteiger charge is -2.15. The van der Waals surface area contributed by atoms with E-state index in [1.807, 2.05) is 24.8 Å². The van der Waals surface area contributed by atoms with Crippen LogP contribution in [-0.4, -0.2) is 40.4 Å². The van der Waals surface area contributed by atoms with Gasteiger partial charge in [-0.15, -0.1) is 0 Å². The second kappa shape index (κ2) is 5.12. The van der Waals surface area contributed by atoms with Gasteiger partial charge in [-0.2, -0.15) is 0 Å². The van der Waals surface area contributed by atoms with Crippen LogP contribution in [0.3, 0.4) is 0 Å². The summed E-state index contributed by atoms with van der Waals surface area (Å²) in [7, 11) is 0. The molecular formula is C12H18N4O. The predicted molar refractivity (Wildman–Crippen MR) is 65.8 cm³/mol. The number of rotatable bonds is 3. The van der Waals surface area contributed by atoms with Crippen molar-refractivity contribution in [3.8, 4) is 0 Å². The molecular weight excluding hydrogens is 216 g/mol. The maximum absolute atomic E-state index is 11.8. The molecule has 1 saturated heterocycles. The zero-order valence-electron chi connectivity index (χ0n) is 10.4. The molecule has 0 aromatic carbocycles. The number of hydrogen-bond acceptors (Lipinski definition) is 4. The molecule has 0 atom stereocenters. The van der Waals surface area contributed by atoms with Crippen molar-refractivity contribution in [2.45, 2.75) is 26.7 Å². The summed E-state index contributed by atoms with van der Waals surface area (Å²) in [6.07, 6.45) is 2.23. The topological polar surface area (TPSA) is 58.1 Å². The van der Waals surface area contributed by atoms with Crippen molar-refractivity contribution < 1.29 is 4.79 Å². The molecule has 2 rings (SSSR count). The zero-order chi connectivity index (χ0) is 12.3. The first-order valence-electron chi connectivity index (χ1n) is 5.99. The minimum absolute atomic E-state index is 0.130. The van der Waals surface area contributed by atoms with E-state index in [9.17, 15) is 4.79 Å². The van der Waals surface area contributed by atoms with Crippen LogP contribution in [0.25, 0.3) is 0 Å². The number of likely N-dealkylation sites (tertiary alicyclic amines) is 1. The Bertz CT molecular complexity index is 393. The zero-order valence-corrected chi connectivity index (χ0v) is 10.4. The van der Waals surface area contributed by atoms with Crippen LogP contribution in [0.5, 0.6) is 0 Å². The SMILES string of the molecule is Cc1cc(C)nc(NCC(=O)N2CCCC2)n1. The van der Waals surface area contributed by atoms with Crippen LogP contribution in [0.15, 0.2) is 6.07 Å². The Morgan fingerprint density at radius 1 is 1.29 bits per heavy atom. The molecule has 1 fully saturated rings. The smallest absolute Gasteiger partial charge is 0.241 e. The van der Waals surface area contributed by atoms with Gasteiger partial charge in [0, 0.05) is 24.5 Å². The number of carbonyl (C=O) groups excluding carboxylic acids is 1. The largest absolute Gasteiger partial charge is 0.345 e. The van der Waals surface area contributed by atoms with Crippen LogP contribution in [-0.2, 0) is 4.79 Å². The van der Waals surface area contributed by atoms with E-state index in [4.69, 9.17) is 0 Å². The summed E-state index contributed by atoms with van der Waals surface area (Å²) in [4.78, 5) is 22.2. The fourth-order valence-corrected chi connectivity index (χ4v) is 2.04. The molecule has 1 aromatic heterocycles. The fourth-order valence-electron chi connectivity index (χ4n) is 2.04. The summed E-state index contributed by atoms with van der Waals surface area (Å²) in [6, 6.07) is 1.91. The summed E-state index contributed by atoms with van der Waals surface area (Å²) < 4.78 is 0. The van der Waals surface area contributed by atoms with Gasteiger partial charge in [-0.3, -0.25) is 4.79 Å². The van der Waals surface area contributed by atoms with Gasteiger partial charge in [0.1, 0.15) is 0 Å². The summed E-state index contributed by atoms with van der Waals surface area (Å²) in [5, 5.41) is 2.99. The Hall–Kier alpha value is -1.65. The van der Waals surface area contributed by atoms with Crippen LogP contribution >= 0.6 is 0 Å². The average molecular weight is 234 g/mol. The number of nitrogens with zero attached hydrogens (tertiary/aromatic N) is 3. The molecule has 0 saturated carbocycles. The Morgan fingerprint density at radius 3 is 2.47 bits per heavy atom. The number of amides is 1. The van der Waals surface area contributed by atoms with Gasteiger partial charge < -0.3 is 10.2 Å². The van der Waals surface area contributed by atoms with Crippen molar-refractivity contribution >= 4 is 11.9 Å². The predicted octanol–water partition coefficient (Wildman–Crippen LogP) is 1.13. The monoisotopic (exact) mass is 234 g/mol. The minimum Gasteiger partial charge on any atom is -0.345 e. The fraction of sp³-hybridized carbons (Fsp3) is 0.583. The highest BCUT2D eigenvalue weighted by Gasteiger charge is 2.17. The lowest BCUT2D eigenvalue weighted by atomic mass is 10.3. The third-order valence-electron chi connectivity index (χ3n) is 2.84. The minimum atomic E-state index is 0.130. The third kappa shape index (κ3) is 3.15. The molecule has 1 aliphatic heterocycles. The van der Waals surface area contributed by atoms with Gasteiger partial charge in [0.05, 0.1) is 6.54 Å². The molecule has 92 valence electrons. The molecule has 5 heteroatoms. The lowest BCUT2D eigenvalue weighted by molar-refractivity contribution is -0.128. The molecule has 17 heavy (non-hydrogen) atoms. The lowest BCUT2D eigenvalue weighted by Crippen LogP contribution is -2.33. The van der Waals surface area contributed by atoms with Crippen LogP contribution in [0.2, 0.25) is 0 Å². The van der Waals surface area contributed by atoms with E-state index in [-0.39, 0.29) is 12.5 Å². The highest BCUT2D eigenvalue weighted by Crippen LogP contribution is 2.08. The Morgan fingerprint density at radius 2 is 1.88 bits per heavy atom. The maximum Gasteiger partial charge on any atom is 0.241 e. The quantitative estimate of drug-likeness (QED) is 0.851. The summed E-state index contributed by atoms with van der Waals surface area (Å²) >= 11 is 0. The number of anilines is 1. The van der Waals surface area contributed by atoms with E-state index < -0.39 is 0 Å². The van der Waals surface area contributed by atoms with Crippen molar-refractivity contribution in [2.75, 3.05) is 25.0 Å². The molecule has 0 aliphatic carbocycles. The number of carbonyl (C=O) groups is 1. The Balaban J connectivity index is 1.90. The first-order chi connectivity index (χ1) is 8.15. The number of aryl methyl sites for hydroxylation is 2. The standard InChI is InChI=1S/C12H18N4O/c1-9-7-10(2)15-12(14-9)13-8-11(17)16-5-3-4-6-16/h7H,3-6,8H2,1-2H3,(H,13,14,15). The molecule has 0 unspecified atom stereocenters. The molecule has 1 aliphatic rings. The first kappa shape index (κ1) is 11.8. The molecule has 1 aromatic rings. The van der Waals surface area contributed by atoms with Gasteiger partial charge >= 0.3 is 0 Å². The van der Waals surface area contributed by atoms with Crippen molar-refractivity contribution in [1.29, 1.82) is 0 Å². The number of hydrogen-bond donors (Lipinski definition) is 1. The molecule has 0 radical (unpaired) electrons. The molecule has 0 bridgehead atoms. The summed E-state index contributed by atoms with van der Waals surface area (Å²) in [5.74, 6) is 0.667. The Labute approximate surface area is 101 Å². The van der Waals surface area contributed by atoms with Gasteiger partial charge in [0.2, 0.25) is 11.9 Å². The third-order valence-corrected chi connectivity index (χ3v) is 2.84. The van der Waals surface area contributed by atoms with Crippen LogP contribution in [0.4, 0.5) is 5.95 Å². The van der Waals surface area contributed by atoms with E-state index in [2.05, 4.69) is 15.3 Å². The highest BCUT2D eigenvalue weighted by atomic mass is 16.2. The highest BCUT2D eigenvalue weighted by molar-refractivity contribution is 5.80. The van der Waals surface area contributed by atoms with Gasteiger partial charge in [-0.1, -0.05) is 0 Å². The molecule has 5 nitrogen and oxygen atoms in total.